The van der Waals surface area contributed by atoms with Gasteiger partial charge >= 0.3 is 5.97 Å². The first-order chi connectivity index (χ1) is 31.6. The number of carbonyl (C=O) groups excluding carboxylic acids is 9. The molecule has 1 atom stereocenters. The fraction of sp³-hybridized carbons (Fsp3) is 0.824. The Bertz CT molecular complexity index is 1160. The van der Waals surface area contributed by atoms with E-state index in [-0.39, 0.29) is 78.1 Å². The Labute approximate surface area is 413 Å². The first-order valence-corrected chi connectivity index (χ1v) is 25.7. The van der Waals surface area contributed by atoms with E-state index in [2.05, 4.69) is 37.1 Å². The summed E-state index contributed by atoms with van der Waals surface area (Å²) in [6.07, 6.45) is 12.0. The summed E-state index contributed by atoms with van der Waals surface area (Å²) in [7, 11) is 0. The van der Waals surface area contributed by atoms with Crippen molar-refractivity contribution >= 4 is 64.1 Å². The van der Waals surface area contributed by atoms with Gasteiger partial charge in [-0.3, -0.25) is 38.4 Å². The van der Waals surface area contributed by atoms with Crippen molar-refractivity contribution in [3.8, 4) is 0 Å². The highest BCUT2D eigenvalue weighted by molar-refractivity contribution is 7.98. The van der Waals surface area contributed by atoms with Gasteiger partial charge in [0, 0.05) is 84.3 Å². The molecule has 15 nitrogen and oxygen atoms in total. The van der Waals surface area contributed by atoms with Crippen molar-refractivity contribution in [2.24, 2.45) is 5.92 Å². The van der Waals surface area contributed by atoms with Crippen LogP contribution in [0.1, 0.15) is 194 Å². The second-order valence-corrected chi connectivity index (χ2v) is 15.7. The van der Waals surface area contributed by atoms with Crippen LogP contribution in [0.15, 0.2) is 0 Å². The minimum absolute atomic E-state index is 0.0469. The van der Waals surface area contributed by atoms with Gasteiger partial charge in [-0.15, -0.1) is 0 Å². The predicted molar refractivity (Wildman–Crippen MR) is 275 cm³/mol. The Kier molecular flexibility index (Phi) is 86.6. The number of amides is 1. The van der Waals surface area contributed by atoms with Gasteiger partial charge in [-0.05, 0) is 100 Å². The van der Waals surface area contributed by atoms with Crippen LogP contribution in [-0.4, -0.2) is 130 Å². The largest absolute Gasteiger partial charge is 0.466 e. The number of carbonyl (C=O) groups is 9. The quantitative estimate of drug-likeness (QED) is 0.0506. The Balaban J connectivity index is -0.000000104. The zero-order valence-corrected chi connectivity index (χ0v) is 46.5. The molecule has 400 valence electrons. The normalized spacial score (nSPS) is 9.69. The molecule has 0 heterocycles. The van der Waals surface area contributed by atoms with E-state index in [0.717, 1.165) is 45.3 Å². The fourth-order valence-corrected chi connectivity index (χ4v) is 3.77. The van der Waals surface area contributed by atoms with Gasteiger partial charge in [0.05, 0.1) is 13.2 Å². The summed E-state index contributed by atoms with van der Waals surface area (Å²) in [5, 5.41) is 2.80. The summed E-state index contributed by atoms with van der Waals surface area (Å²) in [4.78, 5) is 95.3. The van der Waals surface area contributed by atoms with E-state index < -0.39 is 0 Å². The molecule has 0 aliphatic heterocycles. The average Bonchev–Trinajstić information content (AvgIpc) is 3.27. The molecule has 67 heavy (non-hydrogen) atoms. The lowest BCUT2D eigenvalue weighted by Crippen LogP contribution is -2.23. The molecule has 0 aromatic rings. The Morgan fingerprint density at radius 1 is 0.493 bits per heavy atom. The lowest BCUT2D eigenvalue weighted by atomic mass is 9.92. The van der Waals surface area contributed by atoms with E-state index in [1.807, 2.05) is 53.3 Å². The van der Waals surface area contributed by atoms with E-state index in [1.165, 1.54) is 39.4 Å². The van der Waals surface area contributed by atoms with Crippen LogP contribution in [0, 0.1) is 5.92 Å². The molecule has 0 radical (unpaired) electrons. The van der Waals surface area contributed by atoms with Gasteiger partial charge in [-0.1, -0.05) is 60.8 Å². The summed E-state index contributed by atoms with van der Waals surface area (Å²) in [5.41, 5.74) is 0. The van der Waals surface area contributed by atoms with Crippen LogP contribution in [0.3, 0.4) is 0 Å². The second kappa shape index (κ2) is 71.8. The molecule has 16 heteroatoms. The highest BCUT2D eigenvalue weighted by atomic mass is 32.2. The maximum Gasteiger partial charge on any atom is 0.302 e. The zero-order chi connectivity index (χ0) is 53.7. The molecule has 0 aromatic heterocycles. The molecule has 0 saturated heterocycles. The number of rotatable bonds is 31. The molecule has 0 aliphatic carbocycles. The van der Waals surface area contributed by atoms with Gasteiger partial charge in [-0.2, -0.15) is 11.8 Å². The third-order valence-corrected chi connectivity index (χ3v) is 8.21. The van der Waals surface area contributed by atoms with Crippen LogP contribution in [0.2, 0.25) is 0 Å². The Morgan fingerprint density at radius 2 is 0.985 bits per heavy atom. The molecular formula is C51H101NO14S. The van der Waals surface area contributed by atoms with Crippen molar-refractivity contribution in [3.05, 3.63) is 0 Å². The van der Waals surface area contributed by atoms with E-state index in [9.17, 15) is 43.2 Å². The highest BCUT2D eigenvalue weighted by Crippen LogP contribution is 2.15. The Morgan fingerprint density at radius 3 is 1.31 bits per heavy atom. The number of hydrogen-bond donors (Lipinski definition) is 1. The molecule has 0 saturated carbocycles. The van der Waals surface area contributed by atoms with Crippen molar-refractivity contribution in [1.29, 1.82) is 0 Å². The molecular weight excluding hydrogens is 883 g/mol. The number of Topliss-reactive ketones (excluding diaryl/α,β-unsaturated/α-hetero) is 7. The summed E-state index contributed by atoms with van der Waals surface area (Å²) < 4.78 is 23.9. The number of thioether (sulfide) groups is 1. The van der Waals surface area contributed by atoms with Crippen molar-refractivity contribution in [3.63, 3.8) is 0 Å². The SMILES string of the molecule is CCC(=O)CC(CCCCNC(=O)CC)C(C)=O.CCCC.CCCC(=O)COCC(C)=O.CCOC(C)=O.CCOCC(C)=O.CCOCCC(C)=O.CCOCCCC(C)=O.CCSC. The molecule has 1 N–H and O–H groups in total. The first-order valence-electron chi connectivity index (χ1n) is 24.3. The van der Waals surface area contributed by atoms with Crippen LogP contribution in [-0.2, 0) is 66.8 Å². The van der Waals surface area contributed by atoms with Crippen LogP contribution < -0.4 is 5.32 Å². The van der Waals surface area contributed by atoms with E-state index in [4.69, 9.17) is 18.9 Å². The van der Waals surface area contributed by atoms with E-state index in [1.54, 1.807) is 27.7 Å². The van der Waals surface area contributed by atoms with Crippen LogP contribution in [0.5, 0.6) is 0 Å². The molecule has 0 spiro atoms. The number of ether oxygens (including phenoxy) is 5. The zero-order valence-electron chi connectivity index (χ0n) is 45.7. The molecule has 0 rings (SSSR count). The molecule has 1 amide bonds. The summed E-state index contributed by atoms with van der Waals surface area (Å²) >= 11 is 1.86. The van der Waals surface area contributed by atoms with Gasteiger partial charge in [0.2, 0.25) is 5.91 Å². The summed E-state index contributed by atoms with van der Waals surface area (Å²) in [5.74, 6) is 1.72. The standard InChI is InChI=1S/C14H25NO3.C8H14O3.C7H14O2.C6H12O2.C5H10O2.C4H8O2.C4H10.C3H8S/c1-4-13(17)10-12(11(3)16)8-6-7-9-15-14(18)5-2;1-3-4-8(10)6-11-5-7(2)9;1-3-9-6-4-5-7(2)8;1-3-8-5-4-6(2)7;1-3-7-4-5(2)6;1-3-6-4(2)5;2*1-3-4-2/h12H,4-10H2,1-3H3,(H,15,18);3-6H2,1-2H3;3-6H2,1-2H3;3-5H2,1-2H3;3-4H2,1-2H3;3H2,1-2H3;3-4H2,1-2H3;3H2,1-2H3. The minimum atomic E-state index is -0.211. The number of nitrogens with one attached hydrogen (secondary N) is 1. The number of unbranched alkanes of at least 4 members (excludes halogenated alkanes) is 2. The van der Waals surface area contributed by atoms with Crippen molar-refractivity contribution in [2.75, 3.05) is 78.0 Å². The number of esters is 1. The lowest BCUT2D eigenvalue weighted by Gasteiger charge is -2.12. The van der Waals surface area contributed by atoms with Gasteiger partial charge in [0.25, 0.3) is 0 Å². The molecule has 0 aromatic carbocycles. The van der Waals surface area contributed by atoms with E-state index >= 15 is 0 Å². The molecule has 0 aliphatic rings. The molecule has 1 unspecified atom stereocenters. The van der Waals surface area contributed by atoms with Crippen LogP contribution >= 0.6 is 11.8 Å². The highest BCUT2D eigenvalue weighted by Gasteiger charge is 2.17. The van der Waals surface area contributed by atoms with Gasteiger partial charge < -0.3 is 33.8 Å². The first kappa shape index (κ1) is 80.8. The van der Waals surface area contributed by atoms with Crippen molar-refractivity contribution in [1.82, 2.24) is 5.32 Å². The molecule has 0 fully saturated rings. The monoisotopic (exact) mass is 984 g/mol. The maximum absolute atomic E-state index is 11.4. The number of ketones is 7. The maximum atomic E-state index is 11.4. The number of hydrogen-bond acceptors (Lipinski definition) is 15. The lowest BCUT2D eigenvalue weighted by molar-refractivity contribution is -0.140. The minimum Gasteiger partial charge on any atom is -0.466 e. The smallest absolute Gasteiger partial charge is 0.302 e. The van der Waals surface area contributed by atoms with Crippen LogP contribution in [0.25, 0.3) is 0 Å². The predicted octanol–water partition coefficient (Wildman–Crippen LogP) is 9.97. The Hall–Kier alpha value is -3.18. The second-order valence-electron chi connectivity index (χ2n) is 14.6. The third kappa shape index (κ3) is 111. The van der Waals surface area contributed by atoms with Crippen LogP contribution in [0.4, 0.5) is 0 Å². The van der Waals surface area contributed by atoms with E-state index in [0.29, 0.717) is 71.5 Å². The third-order valence-electron chi connectivity index (χ3n) is 7.63. The van der Waals surface area contributed by atoms with Crippen molar-refractivity contribution in [2.45, 2.75) is 194 Å². The summed E-state index contributed by atoms with van der Waals surface area (Å²) in [6.45, 7) is 33.5. The molecule has 0 bridgehead atoms. The van der Waals surface area contributed by atoms with Gasteiger partial charge in [-0.25, -0.2) is 0 Å². The van der Waals surface area contributed by atoms with Crippen molar-refractivity contribution < 1.29 is 66.8 Å². The topological polar surface area (TPSA) is 212 Å². The van der Waals surface area contributed by atoms with Gasteiger partial charge in [0.15, 0.2) is 17.3 Å². The summed E-state index contributed by atoms with van der Waals surface area (Å²) in [6, 6.07) is 0. The van der Waals surface area contributed by atoms with Gasteiger partial charge in [0.1, 0.15) is 43.0 Å². The average molecular weight is 984 g/mol. The fourth-order valence-electron chi connectivity index (χ4n) is 3.77.